The fraction of sp³-hybridized carbons (Fsp3) is 0.571. The second kappa shape index (κ2) is 7.40. The van der Waals surface area contributed by atoms with Crippen LogP contribution in [0.5, 0.6) is 0 Å². The lowest BCUT2D eigenvalue weighted by molar-refractivity contribution is -0.274. The maximum Gasteiger partial charge on any atom is 0.186 e. The van der Waals surface area contributed by atoms with Crippen LogP contribution in [0.15, 0.2) is 35.4 Å². The summed E-state index contributed by atoms with van der Waals surface area (Å²) in [5, 5.41) is 13.9. The van der Waals surface area contributed by atoms with Crippen LogP contribution in [-0.2, 0) is 20.8 Å². The summed E-state index contributed by atoms with van der Waals surface area (Å²) in [4.78, 5) is 2.75. The van der Waals surface area contributed by atoms with Gasteiger partial charge in [-0.3, -0.25) is 0 Å². The third kappa shape index (κ3) is 3.72. The van der Waals surface area contributed by atoms with Crippen LogP contribution >= 0.6 is 0 Å². The molecule has 7 heteroatoms. The van der Waals surface area contributed by atoms with E-state index in [1.807, 2.05) is 30.3 Å². The molecule has 1 aromatic carbocycles. The SMILES string of the molecule is CO[C@H]1OC(C)C(N=[N+]=[N-])C(O)C1OCc1ccccc1. The van der Waals surface area contributed by atoms with Gasteiger partial charge in [-0.15, -0.1) is 0 Å². The molecule has 2 rings (SSSR count). The minimum absolute atomic E-state index is 0.309. The Kier molecular flexibility index (Phi) is 5.55. The predicted molar refractivity (Wildman–Crippen MR) is 75.3 cm³/mol. The second-order valence-corrected chi connectivity index (χ2v) is 4.89. The van der Waals surface area contributed by atoms with Crippen LogP contribution in [-0.4, -0.2) is 42.9 Å². The fourth-order valence-corrected chi connectivity index (χ4v) is 2.36. The number of nitrogens with zero attached hydrogens (tertiary/aromatic N) is 3. The number of aliphatic hydroxyl groups is 1. The van der Waals surface area contributed by atoms with Gasteiger partial charge in [0.15, 0.2) is 6.29 Å². The molecule has 0 aliphatic carbocycles. The first-order valence-corrected chi connectivity index (χ1v) is 6.73. The van der Waals surface area contributed by atoms with E-state index in [4.69, 9.17) is 19.7 Å². The van der Waals surface area contributed by atoms with Crippen molar-refractivity contribution in [1.82, 2.24) is 0 Å². The van der Waals surface area contributed by atoms with Crippen LogP contribution in [0, 0.1) is 0 Å². The van der Waals surface area contributed by atoms with E-state index in [9.17, 15) is 5.11 Å². The zero-order valence-electron chi connectivity index (χ0n) is 12.0. The molecule has 4 unspecified atom stereocenters. The van der Waals surface area contributed by atoms with Crippen molar-refractivity contribution in [2.24, 2.45) is 5.11 Å². The summed E-state index contributed by atoms with van der Waals surface area (Å²) >= 11 is 0. The number of hydrogen-bond acceptors (Lipinski definition) is 5. The lowest BCUT2D eigenvalue weighted by Crippen LogP contribution is -2.57. The van der Waals surface area contributed by atoms with E-state index in [0.29, 0.717) is 6.61 Å². The number of rotatable bonds is 5. The summed E-state index contributed by atoms with van der Waals surface area (Å²) in [7, 11) is 1.48. The van der Waals surface area contributed by atoms with Crippen molar-refractivity contribution < 1.29 is 19.3 Å². The van der Waals surface area contributed by atoms with Crippen molar-refractivity contribution >= 4 is 0 Å². The third-order valence-corrected chi connectivity index (χ3v) is 3.49. The Morgan fingerprint density at radius 3 is 2.71 bits per heavy atom. The monoisotopic (exact) mass is 293 g/mol. The van der Waals surface area contributed by atoms with E-state index >= 15 is 0 Å². The standard InChI is InChI=1S/C14H19N3O4/c1-9-11(16-17-15)12(18)13(14(19-2)21-9)20-8-10-6-4-3-5-7-10/h3-7,9,11-14,18H,8H2,1-2H3/t9?,11?,12?,13?,14-/m0/s1. The van der Waals surface area contributed by atoms with E-state index < -0.39 is 30.6 Å². The zero-order valence-corrected chi connectivity index (χ0v) is 12.0. The molecular formula is C14H19N3O4. The minimum atomic E-state index is -0.988. The lowest BCUT2D eigenvalue weighted by Gasteiger charge is -2.41. The second-order valence-electron chi connectivity index (χ2n) is 4.89. The van der Waals surface area contributed by atoms with Crippen LogP contribution < -0.4 is 0 Å². The van der Waals surface area contributed by atoms with Crippen molar-refractivity contribution in [2.45, 2.75) is 44.2 Å². The van der Waals surface area contributed by atoms with Crippen LogP contribution in [0.4, 0.5) is 0 Å². The zero-order chi connectivity index (χ0) is 15.2. The largest absolute Gasteiger partial charge is 0.390 e. The number of aliphatic hydroxyl groups excluding tert-OH is 1. The molecule has 21 heavy (non-hydrogen) atoms. The molecular weight excluding hydrogens is 274 g/mol. The van der Waals surface area contributed by atoms with Crippen molar-refractivity contribution in [3.05, 3.63) is 46.3 Å². The summed E-state index contributed by atoms with van der Waals surface area (Å²) in [6.45, 7) is 2.03. The highest BCUT2D eigenvalue weighted by molar-refractivity contribution is 5.13. The van der Waals surface area contributed by atoms with Gasteiger partial charge in [-0.25, -0.2) is 0 Å². The van der Waals surface area contributed by atoms with Gasteiger partial charge >= 0.3 is 0 Å². The molecule has 7 nitrogen and oxygen atoms in total. The smallest absolute Gasteiger partial charge is 0.186 e. The van der Waals surface area contributed by atoms with E-state index in [2.05, 4.69) is 10.0 Å². The summed E-state index contributed by atoms with van der Waals surface area (Å²) < 4.78 is 16.5. The van der Waals surface area contributed by atoms with E-state index in [1.165, 1.54) is 7.11 Å². The van der Waals surface area contributed by atoms with Crippen LogP contribution in [0.25, 0.3) is 10.4 Å². The quantitative estimate of drug-likeness (QED) is 0.510. The highest BCUT2D eigenvalue weighted by Gasteiger charge is 2.44. The molecule has 0 amide bonds. The maximum atomic E-state index is 10.4. The Labute approximate surface area is 123 Å². The molecule has 1 aliphatic rings. The Morgan fingerprint density at radius 2 is 2.10 bits per heavy atom. The molecule has 1 aromatic rings. The van der Waals surface area contributed by atoms with Crippen molar-refractivity contribution in [2.75, 3.05) is 7.11 Å². The van der Waals surface area contributed by atoms with Gasteiger partial charge in [0.1, 0.15) is 6.10 Å². The summed E-state index contributed by atoms with van der Waals surface area (Å²) in [5.74, 6) is 0. The molecule has 1 saturated heterocycles. The average molecular weight is 293 g/mol. The molecule has 0 saturated carbocycles. The lowest BCUT2D eigenvalue weighted by atomic mass is 9.97. The van der Waals surface area contributed by atoms with Gasteiger partial charge in [-0.2, -0.15) is 0 Å². The average Bonchev–Trinajstić information content (AvgIpc) is 2.51. The minimum Gasteiger partial charge on any atom is -0.390 e. The third-order valence-electron chi connectivity index (χ3n) is 3.49. The molecule has 1 aliphatic heterocycles. The van der Waals surface area contributed by atoms with E-state index in [-0.39, 0.29) is 0 Å². The molecule has 0 bridgehead atoms. The number of methoxy groups -OCH3 is 1. The van der Waals surface area contributed by atoms with Crippen molar-refractivity contribution in [3.63, 3.8) is 0 Å². The molecule has 1 heterocycles. The predicted octanol–water partition coefficient (Wildman–Crippen LogP) is 2.00. The topological polar surface area (TPSA) is 96.7 Å². The number of benzene rings is 1. The summed E-state index contributed by atoms with van der Waals surface area (Å²) in [6.07, 6.45) is -2.86. The van der Waals surface area contributed by atoms with Crippen LogP contribution in [0.2, 0.25) is 0 Å². The summed E-state index contributed by atoms with van der Waals surface area (Å²) in [6, 6.07) is 8.87. The van der Waals surface area contributed by atoms with Crippen molar-refractivity contribution in [3.8, 4) is 0 Å². The van der Waals surface area contributed by atoms with Gasteiger partial charge in [-0.05, 0) is 18.0 Å². The Balaban J connectivity index is 2.08. The molecule has 1 fully saturated rings. The normalized spacial score (nSPS) is 32.4. The molecule has 0 radical (unpaired) electrons. The Bertz CT molecular complexity index is 492. The van der Waals surface area contributed by atoms with Gasteiger partial charge in [0, 0.05) is 12.0 Å². The number of azide groups is 1. The van der Waals surface area contributed by atoms with Crippen LogP contribution in [0.1, 0.15) is 12.5 Å². The van der Waals surface area contributed by atoms with Gasteiger partial charge in [0.25, 0.3) is 0 Å². The van der Waals surface area contributed by atoms with Gasteiger partial charge in [0.2, 0.25) is 0 Å². The van der Waals surface area contributed by atoms with Gasteiger partial charge < -0.3 is 19.3 Å². The molecule has 5 atom stereocenters. The Hall–Kier alpha value is -1.63. The fourth-order valence-electron chi connectivity index (χ4n) is 2.36. The van der Waals surface area contributed by atoms with E-state index in [1.54, 1.807) is 6.92 Å². The maximum absolute atomic E-state index is 10.4. The number of ether oxygens (including phenoxy) is 3. The number of hydrogen-bond donors (Lipinski definition) is 1. The van der Waals surface area contributed by atoms with Crippen LogP contribution in [0.3, 0.4) is 0 Å². The first-order valence-electron chi connectivity index (χ1n) is 6.73. The van der Waals surface area contributed by atoms with E-state index in [0.717, 1.165) is 5.56 Å². The summed E-state index contributed by atoms with van der Waals surface area (Å²) in [5.41, 5.74) is 9.56. The first kappa shape index (κ1) is 15.8. The molecule has 0 aromatic heterocycles. The van der Waals surface area contributed by atoms with Gasteiger partial charge in [-0.1, -0.05) is 35.4 Å². The highest BCUT2D eigenvalue weighted by Crippen LogP contribution is 2.26. The first-order chi connectivity index (χ1) is 10.2. The molecule has 1 N–H and O–H groups in total. The molecule has 0 spiro atoms. The van der Waals surface area contributed by atoms with Crippen molar-refractivity contribution in [1.29, 1.82) is 0 Å². The highest BCUT2D eigenvalue weighted by atomic mass is 16.7. The molecule has 114 valence electrons. The Morgan fingerprint density at radius 1 is 1.38 bits per heavy atom. The van der Waals surface area contributed by atoms with Gasteiger partial charge in [0.05, 0.1) is 24.9 Å².